The van der Waals surface area contributed by atoms with Crippen LogP contribution in [0.15, 0.2) is 193 Å². The minimum Gasteiger partial charge on any atom is -0.490 e. The topological polar surface area (TPSA) is 71.1 Å². The average molecular weight is 791 g/mol. The third-order valence-corrected chi connectivity index (χ3v) is 11.9. The zero-order valence-corrected chi connectivity index (χ0v) is 33.0. The van der Waals surface area contributed by atoms with Gasteiger partial charge >= 0.3 is 11.9 Å². The number of thioether (sulfide) groups is 2. The Hall–Kier alpha value is -5.96. The summed E-state index contributed by atoms with van der Waals surface area (Å²) in [4.78, 5) is 26.5. The van der Waals surface area contributed by atoms with Crippen molar-refractivity contribution in [2.75, 3.05) is 24.7 Å². The van der Waals surface area contributed by atoms with Crippen LogP contribution in [0.4, 0.5) is 0 Å². The second kappa shape index (κ2) is 18.8. The number of hydrogen-bond donors (Lipinski definition) is 0. The molecule has 0 fully saturated rings. The predicted molar refractivity (Wildman–Crippen MR) is 229 cm³/mol. The van der Waals surface area contributed by atoms with Gasteiger partial charge in [0, 0.05) is 33.4 Å². The van der Waals surface area contributed by atoms with E-state index < -0.39 is 29.6 Å². The molecule has 286 valence electrons. The molecule has 6 aromatic carbocycles. The maximum Gasteiger partial charge on any atom is 0.330 e. The van der Waals surface area contributed by atoms with Crippen molar-refractivity contribution in [2.45, 2.75) is 27.4 Å². The smallest absolute Gasteiger partial charge is 0.330 e. The minimum absolute atomic E-state index is 0.190. The highest BCUT2D eigenvalue weighted by Crippen LogP contribution is 2.56. The summed E-state index contributed by atoms with van der Waals surface area (Å²) in [5, 5.41) is 0. The molecular formula is C49H42O6S2. The van der Waals surface area contributed by atoms with Crippen LogP contribution in [0.2, 0.25) is 0 Å². The van der Waals surface area contributed by atoms with Gasteiger partial charge in [-0.05, 0) is 81.9 Å². The molecule has 0 amide bonds. The molecule has 0 aliphatic heterocycles. The summed E-state index contributed by atoms with van der Waals surface area (Å²) in [6.07, 6.45) is 1.39. The fourth-order valence-electron chi connectivity index (χ4n) is 7.07. The number of hydrogen-bond acceptors (Lipinski definition) is 8. The Morgan fingerprint density at radius 1 is 0.509 bits per heavy atom. The first-order valence-electron chi connectivity index (χ1n) is 18.7. The maximum atomic E-state index is 12.2. The van der Waals surface area contributed by atoms with Gasteiger partial charge in [0.15, 0.2) is 0 Å². The third-order valence-electron chi connectivity index (χ3n) is 9.66. The highest BCUT2D eigenvalue weighted by atomic mass is 32.2. The van der Waals surface area contributed by atoms with Gasteiger partial charge in [0.05, 0.1) is 5.41 Å². The third kappa shape index (κ3) is 9.20. The van der Waals surface area contributed by atoms with Gasteiger partial charge in [-0.1, -0.05) is 122 Å². The minimum atomic E-state index is -0.632. The van der Waals surface area contributed by atoms with Crippen LogP contribution in [0, 0.1) is 0 Å². The maximum absolute atomic E-state index is 12.2. The van der Waals surface area contributed by atoms with Gasteiger partial charge in [-0.2, -0.15) is 0 Å². The molecule has 2 unspecified atom stereocenters. The van der Waals surface area contributed by atoms with Crippen molar-refractivity contribution in [3.63, 3.8) is 0 Å². The molecule has 2 atom stereocenters. The number of ether oxygens (including phenoxy) is 4. The fraction of sp³-hybridized carbons (Fsp3) is 0.143. The summed E-state index contributed by atoms with van der Waals surface area (Å²) in [5.41, 5.74) is 6.23. The lowest BCUT2D eigenvalue weighted by molar-refractivity contribution is -0.144. The van der Waals surface area contributed by atoms with E-state index in [-0.39, 0.29) is 13.2 Å². The summed E-state index contributed by atoms with van der Waals surface area (Å²) in [5.74, 6) is 1.43. The number of carbonyl (C=O) groups excluding carboxylic acids is 2. The lowest BCUT2D eigenvalue weighted by atomic mass is 9.68. The van der Waals surface area contributed by atoms with E-state index in [1.165, 1.54) is 34.4 Å². The lowest BCUT2D eigenvalue weighted by Crippen LogP contribution is -2.29. The summed E-state index contributed by atoms with van der Waals surface area (Å²) in [6.45, 7) is 7.50. The van der Waals surface area contributed by atoms with Crippen LogP contribution in [-0.4, -0.2) is 48.9 Å². The molecule has 0 heterocycles. The van der Waals surface area contributed by atoms with Crippen LogP contribution in [-0.2, 0) is 24.5 Å². The van der Waals surface area contributed by atoms with E-state index in [2.05, 4.69) is 86.0 Å². The van der Waals surface area contributed by atoms with Crippen LogP contribution in [0.5, 0.6) is 11.5 Å². The molecule has 0 radical (unpaired) electrons. The van der Waals surface area contributed by atoms with Gasteiger partial charge in [-0.15, -0.1) is 23.5 Å². The van der Waals surface area contributed by atoms with E-state index >= 15 is 0 Å². The molecule has 1 aliphatic carbocycles. The Kier molecular flexibility index (Phi) is 12.9. The fourth-order valence-corrected chi connectivity index (χ4v) is 8.86. The van der Waals surface area contributed by atoms with Crippen LogP contribution in [0.3, 0.4) is 0 Å². The van der Waals surface area contributed by atoms with Gasteiger partial charge in [-0.3, -0.25) is 0 Å². The van der Waals surface area contributed by atoms with Crippen LogP contribution in [0.25, 0.3) is 11.1 Å². The van der Waals surface area contributed by atoms with Crippen molar-refractivity contribution in [1.29, 1.82) is 0 Å². The highest BCUT2D eigenvalue weighted by Gasteiger charge is 2.45. The largest absolute Gasteiger partial charge is 0.490 e. The van der Waals surface area contributed by atoms with Crippen LogP contribution in [0.1, 0.15) is 22.3 Å². The van der Waals surface area contributed by atoms with Gasteiger partial charge in [0.25, 0.3) is 0 Å². The number of benzene rings is 6. The summed E-state index contributed by atoms with van der Waals surface area (Å²) < 4.78 is 23.8. The quantitative estimate of drug-likeness (QED) is 0.0484. The molecule has 0 N–H and O–H groups in total. The van der Waals surface area contributed by atoms with E-state index in [0.717, 1.165) is 20.9 Å². The predicted octanol–water partition coefficient (Wildman–Crippen LogP) is 10.6. The Morgan fingerprint density at radius 3 is 1.26 bits per heavy atom. The number of fused-ring (bicyclic) bond motifs is 3. The monoisotopic (exact) mass is 790 g/mol. The van der Waals surface area contributed by atoms with Gasteiger partial charge in [0.2, 0.25) is 0 Å². The molecule has 0 aromatic heterocycles. The van der Waals surface area contributed by atoms with Crippen molar-refractivity contribution in [2.24, 2.45) is 0 Å². The average Bonchev–Trinajstić information content (AvgIpc) is 3.57. The molecular weight excluding hydrogens is 749 g/mol. The Labute approximate surface area is 342 Å². The van der Waals surface area contributed by atoms with Crippen molar-refractivity contribution in [3.8, 4) is 22.6 Å². The normalized spacial score (nSPS) is 13.3. The molecule has 7 rings (SSSR count). The molecule has 6 aromatic rings. The van der Waals surface area contributed by atoms with E-state index in [1.54, 1.807) is 23.5 Å². The molecule has 0 bridgehead atoms. The van der Waals surface area contributed by atoms with E-state index in [4.69, 9.17) is 18.9 Å². The SMILES string of the molecule is C=CC(=O)OC(COc1ccc(C2(c3ccc(OCC(CSc4ccccc4)OC(=O)C=C)cc3)c3ccccc3-c3ccccc32)cc1)CSc1ccccc1. The summed E-state index contributed by atoms with van der Waals surface area (Å²) >= 11 is 3.21. The summed E-state index contributed by atoms with van der Waals surface area (Å²) in [7, 11) is 0. The number of rotatable bonds is 18. The van der Waals surface area contributed by atoms with Crippen molar-refractivity contribution in [3.05, 3.63) is 205 Å². The van der Waals surface area contributed by atoms with Crippen molar-refractivity contribution < 1.29 is 28.5 Å². The summed E-state index contributed by atoms with van der Waals surface area (Å²) in [6, 6.07) is 53.5. The van der Waals surface area contributed by atoms with Crippen molar-refractivity contribution >= 4 is 35.5 Å². The zero-order chi connectivity index (χ0) is 39.5. The number of carbonyl (C=O) groups is 2. The lowest BCUT2D eigenvalue weighted by Gasteiger charge is -2.34. The van der Waals surface area contributed by atoms with E-state index in [1.807, 2.05) is 84.9 Å². The molecule has 6 nitrogen and oxygen atoms in total. The Bertz CT molecular complexity index is 2130. The zero-order valence-electron chi connectivity index (χ0n) is 31.3. The molecule has 0 saturated heterocycles. The van der Waals surface area contributed by atoms with Crippen LogP contribution < -0.4 is 9.47 Å². The highest BCUT2D eigenvalue weighted by molar-refractivity contribution is 7.99. The first kappa shape index (κ1) is 39.3. The first-order chi connectivity index (χ1) is 28.0. The van der Waals surface area contributed by atoms with Gasteiger partial charge in [-0.25, -0.2) is 9.59 Å². The Morgan fingerprint density at radius 2 is 0.877 bits per heavy atom. The Balaban J connectivity index is 1.14. The molecule has 8 heteroatoms. The van der Waals surface area contributed by atoms with Crippen molar-refractivity contribution in [1.82, 2.24) is 0 Å². The van der Waals surface area contributed by atoms with Gasteiger partial charge < -0.3 is 18.9 Å². The second-order valence-corrected chi connectivity index (χ2v) is 15.5. The van der Waals surface area contributed by atoms with Crippen LogP contribution >= 0.6 is 23.5 Å². The standard InChI is InChI=1S/C49H42O6S2/c1-3-47(50)54-39(33-56-41-15-7-5-8-16-41)31-52-37-27-23-35(24-28-37)49(45-21-13-11-19-43(45)44-20-12-14-22-46(44)49)36-25-29-38(30-26-36)53-32-40(55-48(51)4-2)34-57-42-17-9-6-10-18-42/h3-30,39-40H,1-2,31-34H2. The number of esters is 2. The van der Waals surface area contributed by atoms with Gasteiger partial charge in [0.1, 0.15) is 36.9 Å². The van der Waals surface area contributed by atoms with E-state index in [0.29, 0.717) is 23.0 Å². The second-order valence-electron chi connectivity index (χ2n) is 13.3. The molecule has 0 spiro atoms. The molecule has 0 saturated carbocycles. The molecule has 1 aliphatic rings. The van der Waals surface area contributed by atoms with E-state index in [9.17, 15) is 9.59 Å². The molecule has 57 heavy (non-hydrogen) atoms. The first-order valence-corrected chi connectivity index (χ1v) is 20.6.